The van der Waals surface area contributed by atoms with Gasteiger partial charge in [0.05, 0.1) is 0 Å². The highest BCUT2D eigenvalue weighted by Gasteiger charge is 2.29. The summed E-state index contributed by atoms with van der Waals surface area (Å²) >= 11 is 0. The first-order valence-corrected chi connectivity index (χ1v) is 8.08. The number of rotatable bonds is 7. The van der Waals surface area contributed by atoms with Gasteiger partial charge in [-0.2, -0.15) is 0 Å². The van der Waals surface area contributed by atoms with E-state index in [1.807, 2.05) is 0 Å². The molecule has 108 valence electrons. The molecule has 1 saturated carbocycles. The van der Waals surface area contributed by atoms with Gasteiger partial charge in [-0.1, -0.05) is 33.6 Å². The van der Waals surface area contributed by atoms with Crippen molar-refractivity contribution in [3.05, 3.63) is 0 Å². The first-order chi connectivity index (χ1) is 8.62. The van der Waals surface area contributed by atoms with E-state index in [2.05, 4.69) is 32.7 Å². The Morgan fingerprint density at radius 2 is 1.83 bits per heavy atom. The van der Waals surface area contributed by atoms with Gasteiger partial charge in [-0.25, -0.2) is 0 Å². The van der Waals surface area contributed by atoms with Crippen molar-refractivity contribution >= 4 is 0 Å². The number of nitrogens with two attached hydrogens (primary N) is 1. The van der Waals surface area contributed by atoms with Crippen molar-refractivity contribution in [3.63, 3.8) is 0 Å². The Balaban J connectivity index is 2.47. The minimum absolute atomic E-state index is 0.440. The molecule has 1 aliphatic rings. The van der Waals surface area contributed by atoms with Crippen LogP contribution in [0.2, 0.25) is 0 Å². The van der Waals surface area contributed by atoms with Crippen molar-refractivity contribution in [2.45, 2.75) is 77.8 Å². The summed E-state index contributed by atoms with van der Waals surface area (Å²) in [6.07, 6.45) is 9.21. The lowest BCUT2D eigenvalue weighted by molar-refractivity contribution is 0.136. The minimum atomic E-state index is 0.440. The van der Waals surface area contributed by atoms with Crippen LogP contribution < -0.4 is 5.73 Å². The Labute approximate surface area is 114 Å². The van der Waals surface area contributed by atoms with Crippen LogP contribution in [0.3, 0.4) is 0 Å². The molecule has 0 radical (unpaired) electrons. The summed E-state index contributed by atoms with van der Waals surface area (Å²) in [4.78, 5) is 2.55. The summed E-state index contributed by atoms with van der Waals surface area (Å²) < 4.78 is 0. The van der Waals surface area contributed by atoms with E-state index in [9.17, 15) is 0 Å². The van der Waals surface area contributed by atoms with Crippen LogP contribution in [0.15, 0.2) is 0 Å². The fourth-order valence-corrected chi connectivity index (χ4v) is 3.70. The zero-order valence-corrected chi connectivity index (χ0v) is 13.0. The predicted molar refractivity (Wildman–Crippen MR) is 80.7 cm³/mol. The van der Waals surface area contributed by atoms with Crippen LogP contribution in [0.1, 0.15) is 65.7 Å². The van der Waals surface area contributed by atoms with Crippen LogP contribution in [0.25, 0.3) is 0 Å². The molecular formula is C16H34N2. The average molecular weight is 254 g/mol. The Bertz CT molecular complexity index is 213. The van der Waals surface area contributed by atoms with Crippen LogP contribution >= 0.6 is 0 Å². The fourth-order valence-electron chi connectivity index (χ4n) is 3.70. The highest BCUT2D eigenvalue weighted by molar-refractivity contribution is 4.85. The van der Waals surface area contributed by atoms with Crippen LogP contribution in [-0.2, 0) is 0 Å². The van der Waals surface area contributed by atoms with E-state index in [0.717, 1.165) is 17.9 Å². The maximum Gasteiger partial charge on any atom is 0.00870 e. The van der Waals surface area contributed by atoms with Crippen molar-refractivity contribution in [2.24, 2.45) is 17.6 Å². The topological polar surface area (TPSA) is 29.3 Å². The predicted octanol–water partition coefficient (Wildman–Crippen LogP) is 3.65. The molecule has 1 fully saturated rings. The van der Waals surface area contributed by atoms with Gasteiger partial charge in [0.2, 0.25) is 0 Å². The second-order valence-electron chi connectivity index (χ2n) is 6.30. The number of nitrogens with zero attached hydrogens (tertiary/aromatic N) is 1. The summed E-state index contributed by atoms with van der Waals surface area (Å²) in [5, 5.41) is 0. The van der Waals surface area contributed by atoms with Gasteiger partial charge in [0.15, 0.2) is 0 Å². The molecule has 0 aromatic carbocycles. The molecule has 3 atom stereocenters. The second kappa shape index (κ2) is 8.16. The first kappa shape index (κ1) is 16.0. The van der Waals surface area contributed by atoms with Gasteiger partial charge in [0, 0.05) is 18.6 Å². The van der Waals surface area contributed by atoms with Crippen molar-refractivity contribution in [1.82, 2.24) is 4.90 Å². The second-order valence-corrected chi connectivity index (χ2v) is 6.30. The lowest BCUT2D eigenvalue weighted by Crippen LogP contribution is -2.44. The Hall–Kier alpha value is -0.0800. The molecule has 0 aromatic heterocycles. The third kappa shape index (κ3) is 4.55. The lowest BCUT2D eigenvalue weighted by atomic mass is 9.76. The normalized spacial score (nSPS) is 29.2. The molecule has 2 heteroatoms. The molecule has 1 aliphatic carbocycles. The van der Waals surface area contributed by atoms with Crippen LogP contribution in [0, 0.1) is 11.8 Å². The highest BCUT2D eigenvalue weighted by atomic mass is 15.1. The average Bonchev–Trinajstić information content (AvgIpc) is 2.35. The van der Waals surface area contributed by atoms with Gasteiger partial charge in [0.1, 0.15) is 0 Å². The van der Waals surface area contributed by atoms with E-state index in [1.165, 1.54) is 51.5 Å². The molecule has 0 aliphatic heterocycles. The summed E-state index contributed by atoms with van der Waals surface area (Å²) in [6.45, 7) is 8.10. The molecule has 0 heterocycles. The summed E-state index contributed by atoms with van der Waals surface area (Å²) in [7, 11) is 2.29. The lowest BCUT2D eigenvalue weighted by Gasteiger charge is -2.38. The third-order valence-corrected chi connectivity index (χ3v) is 4.94. The van der Waals surface area contributed by atoms with Gasteiger partial charge in [-0.3, -0.25) is 0 Å². The van der Waals surface area contributed by atoms with Gasteiger partial charge < -0.3 is 10.6 Å². The van der Waals surface area contributed by atoms with Gasteiger partial charge >= 0.3 is 0 Å². The number of hydrogen-bond donors (Lipinski definition) is 1. The standard InChI is InChI=1S/C16H34N2/c1-5-8-13-9-10-16(17)14(11-13)12-18(4)15(6-2)7-3/h13-16H,5-12,17H2,1-4H3. The Morgan fingerprint density at radius 1 is 1.17 bits per heavy atom. The molecule has 0 amide bonds. The number of hydrogen-bond acceptors (Lipinski definition) is 2. The molecule has 0 spiro atoms. The van der Waals surface area contributed by atoms with Gasteiger partial charge in [-0.15, -0.1) is 0 Å². The summed E-state index contributed by atoms with van der Waals surface area (Å²) in [5.74, 6) is 1.66. The zero-order chi connectivity index (χ0) is 13.5. The van der Waals surface area contributed by atoms with Crippen molar-refractivity contribution in [3.8, 4) is 0 Å². The summed E-state index contributed by atoms with van der Waals surface area (Å²) in [6, 6.07) is 1.18. The Kier molecular flexibility index (Phi) is 7.25. The monoisotopic (exact) mass is 254 g/mol. The van der Waals surface area contributed by atoms with Crippen molar-refractivity contribution < 1.29 is 0 Å². The summed E-state index contributed by atoms with van der Waals surface area (Å²) in [5.41, 5.74) is 6.34. The molecule has 1 rings (SSSR count). The molecule has 18 heavy (non-hydrogen) atoms. The van der Waals surface area contributed by atoms with Crippen LogP contribution in [0.4, 0.5) is 0 Å². The molecular weight excluding hydrogens is 220 g/mol. The third-order valence-electron chi connectivity index (χ3n) is 4.94. The van der Waals surface area contributed by atoms with Gasteiger partial charge in [-0.05, 0) is 51.0 Å². The zero-order valence-electron chi connectivity index (χ0n) is 13.0. The quantitative estimate of drug-likeness (QED) is 0.751. The Morgan fingerprint density at radius 3 is 2.39 bits per heavy atom. The fraction of sp³-hybridized carbons (Fsp3) is 1.00. The van der Waals surface area contributed by atoms with Crippen molar-refractivity contribution in [1.29, 1.82) is 0 Å². The largest absolute Gasteiger partial charge is 0.327 e. The van der Waals surface area contributed by atoms with E-state index in [1.54, 1.807) is 0 Å². The van der Waals surface area contributed by atoms with E-state index in [0.29, 0.717) is 6.04 Å². The SMILES string of the molecule is CCCC1CCC(N)C(CN(C)C(CC)CC)C1. The van der Waals surface area contributed by atoms with E-state index < -0.39 is 0 Å². The molecule has 0 bridgehead atoms. The van der Waals surface area contributed by atoms with E-state index >= 15 is 0 Å². The molecule has 2 nitrogen and oxygen atoms in total. The highest BCUT2D eigenvalue weighted by Crippen LogP contribution is 2.32. The van der Waals surface area contributed by atoms with E-state index in [-0.39, 0.29) is 0 Å². The molecule has 2 N–H and O–H groups in total. The molecule has 3 unspecified atom stereocenters. The maximum atomic E-state index is 6.34. The minimum Gasteiger partial charge on any atom is -0.327 e. The molecule has 0 aromatic rings. The first-order valence-electron chi connectivity index (χ1n) is 8.08. The van der Waals surface area contributed by atoms with E-state index in [4.69, 9.17) is 5.73 Å². The van der Waals surface area contributed by atoms with Crippen LogP contribution in [-0.4, -0.2) is 30.6 Å². The van der Waals surface area contributed by atoms with Crippen molar-refractivity contribution in [2.75, 3.05) is 13.6 Å². The molecule has 0 saturated heterocycles. The van der Waals surface area contributed by atoms with Crippen LogP contribution in [0.5, 0.6) is 0 Å². The smallest absolute Gasteiger partial charge is 0.00870 e. The maximum absolute atomic E-state index is 6.34. The van der Waals surface area contributed by atoms with Gasteiger partial charge in [0.25, 0.3) is 0 Å².